The fraction of sp³-hybridized carbons (Fsp3) is 0.316. The predicted molar refractivity (Wildman–Crippen MR) is 173 cm³/mol. The van der Waals surface area contributed by atoms with Crippen molar-refractivity contribution < 1.29 is 28.5 Å². The van der Waals surface area contributed by atoms with E-state index in [4.69, 9.17) is 18.9 Å². The Morgan fingerprint density at radius 1 is 0.739 bits per heavy atom. The summed E-state index contributed by atoms with van der Waals surface area (Å²) in [5.74, 6) is -0.336. The van der Waals surface area contributed by atoms with E-state index in [1.165, 1.54) is 0 Å². The van der Waals surface area contributed by atoms with Crippen LogP contribution < -0.4 is 4.90 Å². The van der Waals surface area contributed by atoms with Gasteiger partial charge in [-0.2, -0.15) is 0 Å². The number of amides is 2. The summed E-state index contributed by atoms with van der Waals surface area (Å²) in [7, 11) is 1.73. The molecule has 8 heteroatoms. The van der Waals surface area contributed by atoms with Crippen LogP contribution in [0.4, 0.5) is 5.69 Å². The zero-order valence-electron chi connectivity index (χ0n) is 25.9. The first-order valence-electron chi connectivity index (χ1n) is 15.8. The van der Waals surface area contributed by atoms with Gasteiger partial charge in [-0.05, 0) is 28.8 Å². The Hall–Kier alpha value is -4.34. The second kappa shape index (κ2) is 13.2. The van der Waals surface area contributed by atoms with Gasteiger partial charge in [-0.25, -0.2) is 0 Å². The summed E-state index contributed by atoms with van der Waals surface area (Å²) in [6, 6.07) is 36.5. The van der Waals surface area contributed by atoms with Crippen LogP contribution in [0.5, 0.6) is 0 Å². The number of para-hydroxylation sites is 1. The van der Waals surface area contributed by atoms with Gasteiger partial charge in [0.25, 0.3) is 5.91 Å². The van der Waals surface area contributed by atoms with Crippen molar-refractivity contribution in [1.29, 1.82) is 0 Å². The molecule has 8 nitrogen and oxygen atoms in total. The average Bonchev–Trinajstić information content (AvgIpc) is 3.61. The third kappa shape index (κ3) is 5.97. The Balaban J connectivity index is 1.22. The van der Waals surface area contributed by atoms with Gasteiger partial charge in [-0.15, -0.1) is 0 Å². The van der Waals surface area contributed by atoms with Crippen LogP contribution in [0.15, 0.2) is 115 Å². The summed E-state index contributed by atoms with van der Waals surface area (Å²) in [6.45, 7) is 1.56. The number of anilines is 1. The van der Waals surface area contributed by atoms with Crippen molar-refractivity contribution >= 4 is 17.5 Å². The van der Waals surface area contributed by atoms with Gasteiger partial charge >= 0.3 is 0 Å². The van der Waals surface area contributed by atoms with E-state index in [1.54, 1.807) is 22.9 Å². The first-order valence-corrected chi connectivity index (χ1v) is 15.8. The zero-order chi connectivity index (χ0) is 31.5. The van der Waals surface area contributed by atoms with Crippen LogP contribution in [-0.2, 0) is 43.6 Å². The molecule has 7 rings (SSSR count). The van der Waals surface area contributed by atoms with Gasteiger partial charge in [0.05, 0.1) is 44.2 Å². The Labute approximate surface area is 269 Å². The molecular formula is C38H38N2O6. The Bertz CT molecular complexity index is 1650. The molecule has 46 heavy (non-hydrogen) atoms. The van der Waals surface area contributed by atoms with Gasteiger partial charge < -0.3 is 28.7 Å². The molecule has 4 aromatic carbocycles. The molecular weight excluding hydrogens is 580 g/mol. The van der Waals surface area contributed by atoms with Crippen molar-refractivity contribution in [3.8, 4) is 0 Å². The fourth-order valence-corrected chi connectivity index (χ4v) is 6.96. The van der Waals surface area contributed by atoms with Crippen molar-refractivity contribution in [2.75, 3.05) is 25.1 Å². The van der Waals surface area contributed by atoms with Crippen molar-refractivity contribution in [3.05, 3.63) is 138 Å². The number of likely N-dealkylation sites (N-methyl/N-ethyl adjacent to an activating group) is 1. The third-order valence-electron chi connectivity index (χ3n) is 9.25. The van der Waals surface area contributed by atoms with Crippen LogP contribution in [-0.4, -0.2) is 66.9 Å². The number of hydrogen-bond acceptors (Lipinski definition) is 6. The van der Waals surface area contributed by atoms with Crippen LogP contribution >= 0.6 is 0 Å². The van der Waals surface area contributed by atoms with Crippen LogP contribution in [0.2, 0.25) is 0 Å². The second-order valence-corrected chi connectivity index (χ2v) is 12.3. The largest absolute Gasteiger partial charge is 0.374 e. The van der Waals surface area contributed by atoms with Gasteiger partial charge in [0.1, 0.15) is 30.0 Å². The molecule has 4 aromatic rings. The molecule has 2 amide bonds. The van der Waals surface area contributed by atoms with Crippen molar-refractivity contribution in [3.63, 3.8) is 0 Å². The molecule has 3 aliphatic heterocycles. The highest BCUT2D eigenvalue weighted by atomic mass is 16.6. The second-order valence-electron chi connectivity index (χ2n) is 12.3. The summed E-state index contributed by atoms with van der Waals surface area (Å²) in [6.07, 6.45) is -1.30. The molecule has 3 heterocycles. The highest BCUT2D eigenvalue weighted by Crippen LogP contribution is 2.47. The lowest BCUT2D eigenvalue weighted by atomic mass is 9.90. The lowest BCUT2D eigenvalue weighted by Crippen LogP contribution is -2.48. The van der Waals surface area contributed by atoms with Crippen molar-refractivity contribution in [2.45, 2.75) is 56.2 Å². The normalized spacial score (nSPS) is 25.5. The Kier molecular flexibility index (Phi) is 8.69. The SMILES string of the molecule is CN1C(=O)[C@H]2C[C@@]3(CN2C(=O)c2ccccc21)O[C@H](COCc1ccccc1)[C@@H](OCc1ccccc1)[C@@H]3OCc1ccccc1. The highest BCUT2D eigenvalue weighted by molar-refractivity contribution is 6.11. The van der Waals surface area contributed by atoms with Crippen molar-refractivity contribution in [1.82, 2.24) is 4.90 Å². The number of nitrogens with zero attached hydrogens (tertiary/aromatic N) is 2. The molecule has 0 N–H and O–H groups in total. The number of carbonyl (C=O) groups is 2. The van der Waals surface area contributed by atoms with Gasteiger partial charge in [-0.3, -0.25) is 9.59 Å². The fourth-order valence-electron chi connectivity index (χ4n) is 6.96. The standard InChI is InChI=1S/C38H38N2O6/c1-39-31-20-12-11-19-30(31)36(41)40-26-38(21-32(40)37(39)42)35(45-24-29-17-9-4-10-18-29)34(44-23-28-15-7-3-8-16-28)33(46-38)25-43-22-27-13-5-2-6-14-27/h2-20,32-35H,21-26H2,1H3/t32-,33-,34-,35+,38+/m1/s1. The first-order chi connectivity index (χ1) is 22.5. The molecule has 0 bridgehead atoms. The monoisotopic (exact) mass is 618 g/mol. The molecule has 0 aliphatic carbocycles. The minimum atomic E-state index is -0.986. The van der Waals surface area contributed by atoms with Crippen LogP contribution in [0.25, 0.3) is 0 Å². The first kappa shape index (κ1) is 30.3. The minimum absolute atomic E-state index is 0.147. The molecule has 3 aliphatic rings. The zero-order valence-corrected chi connectivity index (χ0v) is 25.9. The maximum Gasteiger partial charge on any atom is 0.256 e. The predicted octanol–water partition coefficient (Wildman–Crippen LogP) is 5.40. The van der Waals surface area contributed by atoms with E-state index in [0.717, 1.165) is 16.7 Å². The molecule has 2 fully saturated rings. The lowest BCUT2D eigenvalue weighted by molar-refractivity contribution is -0.124. The van der Waals surface area contributed by atoms with E-state index in [9.17, 15) is 9.59 Å². The molecule has 0 saturated carbocycles. The van der Waals surface area contributed by atoms with E-state index >= 15 is 0 Å². The molecule has 236 valence electrons. The van der Waals surface area contributed by atoms with Gasteiger partial charge in [0.2, 0.25) is 5.91 Å². The summed E-state index contributed by atoms with van der Waals surface area (Å²) < 4.78 is 26.6. The lowest BCUT2D eigenvalue weighted by Gasteiger charge is -2.32. The molecule has 0 radical (unpaired) electrons. The Morgan fingerprint density at radius 2 is 1.30 bits per heavy atom. The van der Waals surface area contributed by atoms with Gasteiger partial charge in [0.15, 0.2) is 0 Å². The quantitative estimate of drug-likeness (QED) is 0.237. The van der Waals surface area contributed by atoms with Gasteiger partial charge in [0, 0.05) is 13.5 Å². The van der Waals surface area contributed by atoms with E-state index in [1.807, 2.05) is 109 Å². The number of carbonyl (C=O) groups excluding carboxylic acids is 2. The van der Waals surface area contributed by atoms with E-state index in [2.05, 4.69) is 0 Å². The Morgan fingerprint density at radius 3 is 1.96 bits per heavy atom. The number of fused-ring (bicyclic) bond motifs is 2. The van der Waals surface area contributed by atoms with E-state index < -0.39 is 30.0 Å². The summed E-state index contributed by atoms with van der Waals surface area (Å²) >= 11 is 0. The molecule has 0 unspecified atom stereocenters. The summed E-state index contributed by atoms with van der Waals surface area (Å²) in [5, 5.41) is 0. The number of rotatable bonds is 10. The number of ether oxygens (including phenoxy) is 4. The number of benzene rings is 4. The van der Waals surface area contributed by atoms with Crippen LogP contribution in [0.3, 0.4) is 0 Å². The van der Waals surface area contributed by atoms with Crippen LogP contribution in [0.1, 0.15) is 33.5 Å². The maximum atomic E-state index is 14.0. The third-order valence-corrected chi connectivity index (χ3v) is 9.25. The minimum Gasteiger partial charge on any atom is -0.374 e. The van der Waals surface area contributed by atoms with E-state index in [0.29, 0.717) is 31.1 Å². The number of hydrogen-bond donors (Lipinski definition) is 0. The topological polar surface area (TPSA) is 77.5 Å². The van der Waals surface area contributed by atoms with Gasteiger partial charge in [-0.1, -0.05) is 103 Å². The molecule has 2 saturated heterocycles. The maximum absolute atomic E-state index is 14.0. The smallest absolute Gasteiger partial charge is 0.256 e. The highest BCUT2D eigenvalue weighted by Gasteiger charge is 2.64. The molecule has 1 spiro atoms. The molecule has 5 atom stereocenters. The average molecular weight is 619 g/mol. The summed E-state index contributed by atoms with van der Waals surface area (Å²) in [4.78, 5) is 31.2. The summed E-state index contributed by atoms with van der Waals surface area (Å²) in [5.41, 5.74) is 3.22. The van der Waals surface area contributed by atoms with Crippen LogP contribution in [0, 0.1) is 0 Å². The van der Waals surface area contributed by atoms with Crippen molar-refractivity contribution in [2.24, 2.45) is 0 Å². The van der Waals surface area contributed by atoms with E-state index in [-0.39, 0.29) is 31.4 Å². The molecule has 0 aromatic heterocycles.